The first-order valence-electron chi connectivity index (χ1n) is 17.9. The normalized spacial score (nSPS) is 12.8. The number of phenolic OH excluding ortho intramolecular Hbond substituents is 1. The van der Waals surface area contributed by atoms with Crippen molar-refractivity contribution in [2.45, 2.75) is 63.4 Å². The number of aromatic hydroxyl groups is 1. The van der Waals surface area contributed by atoms with Crippen molar-refractivity contribution >= 4 is 53.4 Å². The summed E-state index contributed by atoms with van der Waals surface area (Å²) in [7, 11) is 0.621. The van der Waals surface area contributed by atoms with Gasteiger partial charge in [-0.05, 0) is 123 Å². The summed E-state index contributed by atoms with van der Waals surface area (Å²) in [6, 6.07) is 36.1. The number of phenols is 1. The number of hydrogen-bond acceptors (Lipinski definition) is 4. The Balaban J connectivity index is 1.27. The maximum atomic E-state index is 14.0. The van der Waals surface area contributed by atoms with Crippen molar-refractivity contribution in [2.75, 3.05) is 0 Å². The van der Waals surface area contributed by atoms with Crippen LogP contribution in [-0.4, -0.2) is 16.4 Å². The molecule has 1 unspecified atom stereocenters. The van der Waals surface area contributed by atoms with Gasteiger partial charge < -0.3 is 5.11 Å². The van der Waals surface area contributed by atoms with Crippen molar-refractivity contribution in [1.82, 2.24) is 0 Å². The molecule has 256 valence electrons. The van der Waals surface area contributed by atoms with E-state index in [2.05, 4.69) is 74.5 Å². The molecule has 0 amide bonds. The largest absolute Gasteiger partial charge is 0.507 e. The van der Waals surface area contributed by atoms with Gasteiger partial charge in [0.25, 0.3) is 0 Å². The molecular formula is C45H42FN2OPS. The molecule has 0 spiro atoms. The summed E-state index contributed by atoms with van der Waals surface area (Å²) >= 11 is 1.46. The Morgan fingerprint density at radius 3 is 2.45 bits per heavy atom. The Bertz CT molecular complexity index is 2260. The highest BCUT2D eigenvalue weighted by atomic mass is 32.2. The van der Waals surface area contributed by atoms with E-state index in [1.807, 2.05) is 36.4 Å². The Hall–Kier alpha value is -4.57. The molecule has 3 nitrogen and oxygen atoms in total. The maximum Gasteiger partial charge on any atom is 0.127 e. The number of rotatable bonds is 11. The zero-order valence-corrected chi connectivity index (χ0v) is 30.9. The minimum Gasteiger partial charge on any atom is -0.507 e. The molecule has 0 radical (unpaired) electrons. The molecule has 0 bridgehead atoms. The number of hydrogen-bond donors (Lipinski definition) is 2. The van der Waals surface area contributed by atoms with Crippen LogP contribution < -0.4 is 5.30 Å². The molecule has 0 aromatic heterocycles. The lowest BCUT2D eigenvalue weighted by Gasteiger charge is -2.25. The fraction of sp³-hybridized carbons (Fsp3) is 0.200. The number of fused-ring (bicyclic) bond motifs is 5. The van der Waals surface area contributed by atoms with Gasteiger partial charge in [0.05, 0.1) is 5.69 Å². The van der Waals surface area contributed by atoms with Crippen LogP contribution in [-0.2, 0) is 19.0 Å². The molecule has 0 fully saturated rings. The molecule has 6 heteroatoms. The summed E-state index contributed by atoms with van der Waals surface area (Å²) in [5, 5.41) is 24.9. The number of para-hydroxylation sites is 1. The van der Waals surface area contributed by atoms with Crippen LogP contribution in [0.2, 0.25) is 0 Å². The predicted octanol–water partition coefficient (Wildman–Crippen LogP) is 12.4. The number of halogens is 1. The van der Waals surface area contributed by atoms with E-state index in [0.29, 0.717) is 25.1 Å². The average Bonchev–Trinajstić information content (AvgIpc) is 3.16. The number of unbranched alkanes of at least 4 members (excludes halogenated alkanes) is 2. The van der Waals surface area contributed by atoms with E-state index in [4.69, 9.17) is 4.99 Å². The van der Waals surface area contributed by atoms with Gasteiger partial charge >= 0.3 is 0 Å². The monoisotopic (exact) mass is 708 g/mol. The van der Waals surface area contributed by atoms with Gasteiger partial charge in [0.2, 0.25) is 0 Å². The van der Waals surface area contributed by atoms with Crippen molar-refractivity contribution in [2.24, 2.45) is 4.99 Å². The van der Waals surface area contributed by atoms with Crippen molar-refractivity contribution in [3.8, 4) is 28.0 Å². The number of nitrogens with zero attached hydrogens (tertiary/aromatic N) is 1. The number of aryl methyl sites for hydroxylation is 2. The van der Waals surface area contributed by atoms with Crippen molar-refractivity contribution in [1.29, 1.82) is 5.41 Å². The first-order chi connectivity index (χ1) is 24.9. The zero-order chi connectivity index (χ0) is 35.3. The van der Waals surface area contributed by atoms with Gasteiger partial charge in [0.1, 0.15) is 16.6 Å². The Morgan fingerprint density at radius 2 is 1.63 bits per heavy atom. The second-order valence-corrected chi connectivity index (χ2v) is 15.5. The van der Waals surface area contributed by atoms with Crippen molar-refractivity contribution in [3.63, 3.8) is 0 Å². The quantitative estimate of drug-likeness (QED) is 0.0609. The predicted molar refractivity (Wildman–Crippen MR) is 218 cm³/mol. The van der Waals surface area contributed by atoms with Gasteiger partial charge in [-0.25, -0.2) is 4.39 Å². The summed E-state index contributed by atoms with van der Waals surface area (Å²) in [5.41, 5.74) is 9.95. The van der Waals surface area contributed by atoms with Crippen LogP contribution in [0.25, 0.3) is 33.0 Å². The van der Waals surface area contributed by atoms with Crippen molar-refractivity contribution < 1.29 is 9.50 Å². The van der Waals surface area contributed by atoms with Crippen LogP contribution in [0.15, 0.2) is 119 Å². The molecule has 2 N–H and O–H groups in total. The number of nitrogens with one attached hydrogen (secondary N) is 1. The van der Waals surface area contributed by atoms with Crippen LogP contribution >= 0.6 is 20.3 Å². The molecule has 7 rings (SSSR count). The lowest BCUT2D eigenvalue weighted by molar-refractivity contribution is 0.465. The van der Waals surface area contributed by atoms with Crippen LogP contribution in [0.5, 0.6) is 5.75 Å². The fourth-order valence-corrected chi connectivity index (χ4v) is 9.41. The Morgan fingerprint density at radius 1 is 0.863 bits per heavy atom. The molecule has 6 aromatic rings. The average molecular weight is 709 g/mol. The minimum atomic E-state index is -0.263. The van der Waals surface area contributed by atoms with Crippen LogP contribution in [0.3, 0.4) is 0 Å². The molecule has 0 saturated carbocycles. The van der Waals surface area contributed by atoms with Crippen LogP contribution in [0.1, 0.15) is 67.3 Å². The first-order valence-corrected chi connectivity index (χ1v) is 19.9. The number of benzene rings is 6. The van der Waals surface area contributed by atoms with Gasteiger partial charge in [-0.15, -0.1) is 0 Å². The van der Waals surface area contributed by atoms with E-state index >= 15 is 0 Å². The van der Waals surface area contributed by atoms with Gasteiger partial charge in [0, 0.05) is 22.2 Å². The first kappa shape index (κ1) is 34.9. The lowest BCUT2D eigenvalue weighted by Crippen LogP contribution is -2.10. The molecule has 1 aliphatic rings. The third kappa shape index (κ3) is 7.56. The highest BCUT2D eigenvalue weighted by Gasteiger charge is 2.24. The number of thioether (sulfide) groups is 1. The van der Waals surface area contributed by atoms with E-state index in [1.54, 1.807) is 6.21 Å². The standard InChI is InChI=1S/C45H42FN2OPS/c1-3-5-11-29-23-32(12-6-4-2)44(49)34(24-29)27-48-40-16-10-9-15-37(40)45(47)51-42-26-33(30-17-20-35(46)21-18-30)25-38-39(42)28-50-41-22-19-31-13-7-8-14-36(31)43(38)41/h7-10,13-27,47,49-50H,3-6,11-12,28H2,1-2H3. The van der Waals surface area contributed by atoms with Crippen LogP contribution in [0.4, 0.5) is 10.1 Å². The minimum absolute atomic E-state index is 0.263. The highest BCUT2D eigenvalue weighted by Crippen LogP contribution is 2.46. The molecular weight excluding hydrogens is 667 g/mol. The van der Waals surface area contributed by atoms with Gasteiger partial charge in [0.15, 0.2) is 0 Å². The topological polar surface area (TPSA) is 56.4 Å². The second kappa shape index (κ2) is 15.8. The van der Waals surface area contributed by atoms with E-state index in [-0.39, 0.29) is 5.82 Å². The van der Waals surface area contributed by atoms with Gasteiger partial charge in [-0.1, -0.05) is 120 Å². The molecule has 1 heterocycles. The van der Waals surface area contributed by atoms with Crippen LogP contribution in [0, 0.1) is 11.2 Å². The summed E-state index contributed by atoms with van der Waals surface area (Å²) in [5.74, 6) is 0.0354. The number of aliphatic imine (C=N–C) groups is 1. The van der Waals surface area contributed by atoms with E-state index < -0.39 is 0 Å². The molecule has 0 aliphatic carbocycles. The summed E-state index contributed by atoms with van der Waals surface area (Å²) in [6.45, 7) is 4.36. The summed E-state index contributed by atoms with van der Waals surface area (Å²) in [4.78, 5) is 5.93. The Kier molecular flexibility index (Phi) is 10.8. The fourth-order valence-electron chi connectivity index (χ4n) is 6.89. The summed E-state index contributed by atoms with van der Waals surface area (Å²) in [6.07, 6.45) is 8.76. The van der Waals surface area contributed by atoms with E-state index in [1.165, 1.54) is 62.2 Å². The third-order valence-electron chi connectivity index (χ3n) is 9.64. The highest BCUT2D eigenvalue weighted by molar-refractivity contribution is 8.14. The maximum absolute atomic E-state index is 14.0. The van der Waals surface area contributed by atoms with Crippen molar-refractivity contribution in [3.05, 3.63) is 143 Å². The molecule has 1 aliphatic heterocycles. The molecule has 6 aromatic carbocycles. The zero-order valence-electron chi connectivity index (χ0n) is 29.1. The third-order valence-corrected chi connectivity index (χ3v) is 12.0. The van der Waals surface area contributed by atoms with E-state index in [9.17, 15) is 14.9 Å². The smallest absolute Gasteiger partial charge is 0.127 e. The molecule has 51 heavy (non-hydrogen) atoms. The lowest BCUT2D eigenvalue weighted by atomic mass is 9.91. The summed E-state index contributed by atoms with van der Waals surface area (Å²) < 4.78 is 14.0. The van der Waals surface area contributed by atoms with Gasteiger partial charge in [-0.2, -0.15) is 0 Å². The molecule has 0 saturated heterocycles. The second-order valence-electron chi connectivity index (χ2n) is 13.2. The molecule has 1 atom stereocenters. The SMILES string of the molecule is CCCCc1cc(C=Nc2ccccc2C(=N)Sc2cc(-c3ccc(F)cc3)cc3c2CPc2ccc4ccccc4c2-3)c(O)c(CCCC)c1. The van der Waals surface area contributed by atoms with E-state index in [0.717, 1.165) is 77.4 Å². The van der Waals surface area contributed by atoms with Gasteiger partial charge in [-0.3, -0.25) is 10.4 Å². The Labute approximate surface area is 306 Å².